The van der Waals surface area contributed by atoms with Gasteiger partial charge in [-0.15, -0.1) is 0 Å². The van der Waals surface area contributed by atoms with E-state index in [-0.39, 0.29) is 6.42 Å². The highest BCUT2D eigenvalue weighted by molar-refractivity contribution is 5.70. The molecule has 0 unspecified atom stereocenters. The number of carboxylic acid groups (broad SMARTS) is 1. The zero-order chi connectivity index (χ0) is 12.3. The van der Waals surface area contributed by atoms with E-state index in [1.807, 2.05) is 24.3 Å². The molecule has 0 bridgehead atoms. The van der Waals surface area contributed by atoms with Gasteiger partial charge in [-0.25, -0.2) is 0 Å². The summed E-state index contributed by atoms with van der Waals surface area (Å²) in [6, 6.07) is 8.22. The largest absolute Gasteiger partial charge is 0.481 e. The molecule has 2 rings (SSSR count). The molecule has 0 amide bonds. The number of rotatable bonds is 4. The van der Waals surface area contributed by atoms with Crippen LogP contribution < -0.4 is 5.73 Å². The fraction of sp³-hybridized carbons (Fsp3) is 0.500. The minimum Gasteiger partial charge on any atom is -0.481 e. The SMILES string of the molecule is N[C@@H]1CCC[C@H]1Cc1ccc(CC(=O)O)cc1. The van der Waals surface area contributed by atoms with Gasteiger partial charge in [0, 0.05) is 6.04 Å². The molecule has 1 fully saturated rings. The van der Waals surface area contributed by atoms with E-state index >= 15 is 0 Å². The first-order valence-corrected chi connectivity index (χ1v) is 6.20. The van der Waals surface area contributed by atoms with E-state index in [9.17, 15) is 4.79 Å². The van der Waals surface area contributed by atoms with Crippen molar-refractivity contribution in [2.24, 2.45) is 11.7 Å². The fourth-order valence-corrected chi connectivity index (χ4v) is 2.59. The summed E-state index contributed by atoms with van der Waals surface area (Å²) in [6.45, 7) is 0. The molecule has 17 heavy (non-hydrogen) atoms. The maximum atomic E-state index is 10.6. The van der Waals surface area contributed by atoms with Crippen LogP contribution in [0, 0.1) is 5.92 Å². The second-order valence-electron chi connectivity index (χ2n) is 4.95. The monoisotopic (exact) mass is 233 g/mol. The average Bonchev–Trinajstić information content (AvgIpc) is 2.67. The maximum absolute atomic E-state index is 10.6. The molecule has 0 radical (unpaired) electrons. The van der Waals surface area contributed by atoms with Gasteiger partial charge in [0.15, 0.2) is 0 Å². The Labute approximate surface area is 102 Å². The number of aliphatic carboxylic acids is 1. The van der Waals surface area contributed by atoms with E-state index in [4.69, 9.17) is 10.8 Å². The van der Waals surface area contributed by atoms with Crippen molar-refractivity contribution in [3.05, 3.63) is 35.4 Å². The molecule has 0 saturated heterocycles. The van der Waals surface area contributed by atoms with Gasteiger partial charge in [-0.3, -0.25) is 4.79 Å². The van der Waals surface area contributed by atoms with Crippen molar-refractivity contribution in [3.8, 4) is 0 Å². The normalized spacial score (nSPS) is 23.8. The van der Waals surface area contributed by atoms with Crippen LogP contribution in [-0.2, 0) is 17.6 Å². The first-order chi connectivity index (χ1) is 8.15. The molecular weight excluding hydrogens is 214 g/mol. The summed E-state index contributed by atoms with van der Waals surface area (Å²) in [5.41, 5.74) is 8.17. The maximum Gasteiger partial charge on any atom is 0.307 e. The van der Waals surface area contributed by atoms with Crippen molar-refractivity contribution in [3.63, 3.8) is 0 Å². The van der Waals surface area contributed by atoms with Crippen LogP contribution in [0.2, 0.25) is 0 Å². The Morgan fingerprint density at radius 3 is 2.41 bits per heavy atom. The van der Waals surface area contributed by atoms with Crippen LogP contribution in [0.15, 0.2) is 24.3 Å². The highest BCUT2D eigenvalue weighted by Gasteiger charge is 2.23. The second-order valence-corrected chi connectivity index (χ2v) is 4.95. The van der Waals surface area contributed by atoms with Crippen LogP contribution in [0.1, 0.15) is 30.4 Å². The molecular formula is C14H19NO2. The Morgan fingerprint density at radius 2 is 1.88 bits per heavy atom. The molecule has 1 aliphatic carbocycles. The average molecular weight is 233 g/mol. The zero-order valence-corrected chi connectivity index (χ0v) is 9.93. The summed E-state index contributed by atoms with van der Waals surface area (Å²) in [6.07, 6.45) is 4.72. The van der Waals surface area contributed by atoms with Crippen LogP contribution >= 0.6 is 0 Å². The molecule has 0 heterocycles. The Kier molecular flexibility index (Phi) is 3.79. The van der Waals surface area contributed by atoms with Crippen LogP contribution in [0.25, 0.3) is 0 Å². The van der Waals surface area contributed by atoms with Crippen molar-refractivity contribution in [1.82, 2.24) is 0 Å². The van der Waals surface area contributed by atoms with Gasteiger partial charge in [0.05, 0.1) is 6.42 Å². The minimum absolute atomic E-state index is 0.100. The molecule has 3 N–H and O–H groups in total. The summed E-state index contributed by atoms with van der Waals surface area (Å²) in [4.78, 5) is 10.6. The van der Waals surface area contributed by atoms with E-state index in [2.05, 4.69) is 0 Å². The Bertz CT molecular complexity index is 386. The molecule has 1 saturated carbocycles. The lowest BCUT2D eigenvalue weighted by Gasteiger charge is -2.15. The third-order valence-corrected chi connectivity index (χ3v) is 3.59. The number of nitrogens with two attached hydrogens (primary N) is 1. The lowest BCUT2D eigenvalue weighted by molar-refractivity contribution is -0.136. The fourth-order valence-electron chi connectivity index (χ4n) is 2.59. The highest BCUT2D eigenvalue weighted by atomic mass is 16.4. The van der Waals surface area contributed by atoms with Crippen LogP contribution in [-0.4, -0.2) is 17.1 Å². The van der Waals surface area contributed by atoms with Crippen LogP contribution in [0.5, 0.6) is 0 Å². The minimum atomic E-state index is -0.782. The highest BCUT2D eigenvalue weighted by Crippen LogP contribution is 2.27. The van der Waals surface area contributed by atoms with Crippen molar-refractivity contribution in [2.75, 3.05) is 0 Å². The molecule has 92 valence electrons. The number of hydrogen-bond acceptors (Lipinski definition) is 2. The summed E-state index contributed by atoms with van der Waals surface area (Å²) >= 11 is 0. The molecule has 1 aliphatic rings. The van der Waals surface area contributed by atoms with E-state index in [1.165, 1.54) is 18.4 Å². The number of carbonyl (C=O) groups is 1. The molecule has 3 nitrogen and oxygen atoms in total. The van der Waals surface area contributed by atoms with Crippen molar-refractivity contribution in [2.45, 2.75) is 38.1 Å². The number of carboxylic acids is 1. The van der Waals surface area contributed by atoms with E-state index in [0.717, 1.165) is 18.4 Å². The predicted octanol–water partition coefficient (Wildman–Crippen LogP) is 1.98. The van der Waals surface area contributed by atoms with Gasteiger partial charge < -0.3 is 10.8 Å². The lowest BCUT2D eigenvalue weighted by Crippen LogP contribution is -2.25. The molecule has 3 heteroatoms. The third kappa shape index (κ3) is 3.30. The first kappa shape index (κ1) is 12.1. The Hall–Kier alpha value is -1.35. The van der Waals surface area contributed by atoms with Gasteiger partial charge in [-0.05, 0) is 36.3 Å². The lowest BCUT2D eigenvalue weighted by atomic mass is 9.94. The molecule has 1 aromatic rings. The molecule has 1 aromatic carbocycles. The summed E-state index contributed by atoms with van der Waals surface area (Å²) in [5.74, 6) is -0.184. The summed E-state index contributed by atoms with van der Waals surface area (Å²) < 4.78 is 0. The quantitative estimate of drug-likeness (QED) is 0.836. The van der Waals surface area contributed by atoms with E-state index in [0.29, 0.717) is 12.0 Å². The van der Waals surface area contributed by atoms with Gasteiger partial charge >= 0.3 is 5.97 Å². The van der Waals surface area contributed by atoms with E-state index in [1.54, 1.807) is 0 Å². The van der Waals surface area contributed by atoms with Crippen LogP contribution in [0.3, 0.4) is 0 Å². The van der Waals surface area contributed by atoms with Gasteiger partial charge in [0.2, 0.25) is 0 Å². The van der Waals surface area contributed by atoms with Gasteiger partial charge in [-0.1, -0.05) is 30.7 Å². The van der Waals surface area contributed by atoms with E-state index < -0.39 is 5.97 Å². The van der Waals surface area contributed by atoms with Crippen LogP contribution in [0.4, 0.5) is 0 Å². The zero-order valence-electron chi connectivity index (χ0n) is 9.93. The third-order valence-electron chi connectivity index (χ3n) is 3.59. The number of hydrogen-bond donors (Lipinski definition) is 2. The van der Waals surface area contributed by atoms with Gasteiger partial charge in [0.25, 0.3) is 0 Å². The standard InChI is InChI=1S/C14H19NO2/c15-13-3-1-2-12(13)8-10-4-6-11(7-5-10)9-14(16)17/h4-7,12-13H,1-3,8-9,15H2,(H,16,17)/t12-,13+/m0/s1. The molecule has 2 atom stereocenters. The van der Waals surface area contributed by atoms with Gasteiger partial charge in [-0.2, -0.15) is 0 Å². The Balaban J connectivity index is 1.95. The van der Waals surface area contributed by atoms with Crippen molar-refractivity contribution >= 4 is 5.97 Å². The van der Waals surface area contributed by atoms with Gasteiger partial charge in [0.1, 0.15) is 0 Å². The van der Waals surface area contributed by atoms with Crippen molar-refractivity contribution < 1.29 is 9.90 Å². The molecule has 0 aromatic heterocycles. The second kappa shape index (κ2) is 5.32. The topological polar surface area (TPSA) is 63.3 Å². The molecule has 0 aliphatic heterocycles. The molecule has 0 spiro atoms. The van der Waals surface area contributed by atoms with Crippen molar-refractivity contribution in [1.29, 1.82) is 0 Å². The predicted molar refractivity (Wildman–Crippen MR) is 66.8 cm³/mol. The smallest absolute Gasteiger partial charge is 0.307 e. The summed E-state index contributed by atoms with van der Waals surface area (Å²) in [5, 5.41) is 8.68. The summed E-state index contributed by atoms with van der Waals surface area (Å²) in [7, 11) is 0. The Morgan fingerprint density at radius 1 is 1.24 bits per heavy atom. The number of benzene rings is 1. The first-order valence-electron chi connectivity index (χ1n) is 6.20.